The standard InChI is InChI=1S/C20H28N4O3S.HI/c1-4-21-20(23-15-17-7-5-6-8-19(17)27-3)22-13-14-24-28(25,26)18-11-9-16(2)10-12-18;/h5-12,24H,4,13-15H2,1-3H3,(H2,21,22,23);1H. The lowest BCUT2D eigenvalue weighted by atomic mass is 10.2. The van der Waals surface area contributed by atoms with Crippen LogP contribution in [0.4, 0.5) is 0 Å². The molecule has 0 aliphatic rings. The second-order valence-electron chi connectivity index (χ2n) is 6.14. The van der Waals surface area contributed by atoms with E-state index in [-0.39, 0.29) is 35.4 Å². The summed E-state index contributed by atoms with van der Waals surface area (Å²) in [4.78, 5) is 4.79. The Kier molecular flexibility index (Phi) is 11.0. The molecule has 0 radical (unpaired) electrons. The van der Waals surface area contributed by atoms with Gasteiger partial charge in [-0.05, 0) is 32.0 Å². The number of ether oxygens (including phenoxy) is 1. The number of sulfonamides is 1. The number of rotatable bonds is 9. The minimum atomic E-state index is -3.52. The van der Waals surface area contributed by atoms with Crippen molar-refractivity contribution in [1.29, 1.82) is 0 Å². The van der Waals surface area contributed by atoms with Crippen LogP contribution >= 0.6 is 24.0 Å². The van der Waals surface area contributed by atoms with Crippen molar-refractivity contribution < 1.29 is 13.2 Å². The average Bonchev–Trinajstić information content (AvgIpc) is 2.69. The van der Waals surface area contributed by atoms with Gasteiger partial charge in [0.05, 0.1) is 18.6 Å². The van der Waals surface area contributed by atoms with Crippen LogP contribution in [0.3, 0.4) is 0 Å². The Balaban J connectivity index is 0.00000420. The molecule has 2 aromatic rings. The van der Waals surface area contributed by atoms with E-state index in [0.717, 1.165) is 16.9 Å². The Morgan fingerprint density at radius 1 is 1.03 bits per heavy atom. The summed E-state index contributed by atoms with van der Waals surface area (Å²) in [5, 5.41) is 6.28. The van der Waals surface area contributed by atoms with Crippen LogP contribution in [-0.4, -0.2) is 41.1 Å². The maximum atomic E-state index is 12.3. The predicted molar refractivity (Wildman–Crippen MR) is 128 cm³/mol. The van der Waals surface area contributed by atoms with Crippen LogP contribution in [-0.2, 0) is 16.6 Å². The molecule has 2 rings (SSSR count). The number of nitrogens with zero attached hydrogens (tertiary/aromatic N) is 1. The second kappa shape index (κ2) is 12.7. The molecule has 0 fully saturated rings. The predicted octanol–water partition coefficient (Wildman–Crippen LogP) is 2.66. The number of methoxy groups -OCH3 is 1. The smallest absolute Gasteiger partial charge is 0.240 e. The van der Waals surface area contributed by atoms with Crippen molar-refractivity contribution in [2.75, 3.05) is 26.7 Å². The lowest BCUT2D eigenvalue weighted by molar-refractivity contribution is 0.410. The molecule has 0 spiro atoms. The minimum Gasteiger partial charge on any atom is -0.496 e. The first-order valence-electron chi connectivity index (χ1n) is 9.16. The maximum Gasteiger partial charge on any atom is 0.240 e. The van der Waals surface area contributed by atoms with Gasteiger partial charge in [0.2, 0.25) is 10.0 Å². The van der Waals surface area contributed by atoms with Gasteiger partial charge in [-0.1, -0.05) is 35.9 Å². The van der Waals surface area contributed by atoms with Crippen molar-refractivity contribution in [3.05, 3.63) is 59.7 Å². The Hall–Kier alpha value is -1.85. The molecule has 0 amide bonds. The van der Waals surface area contributed by atoms with Gasteiger partial charge >= 0.3 is 0 Å². The number of halogens is 1. The van der Waals surface area contributed by atoms with Crippen molar-refractivity contribution >= 4 is 40.0 Å². The van der Waals surface area contributed by atoms with Crippen molar-refractivity contribution in [1.82, 2.24) is 15.4 Å². The normalized spacial score (nSPS) is 11.5. The van der Waals surface area contributed by atoms with Crippen molar-refractivity contribution in [3.63, 3.8) is 0 Å². The van der Waals surface area contributed by atoms with E-state index in [2.05, 4.69) is 20.3 Å². The van der Waals surface area contributed by atoms with E-state index in [4.69, 9.17) is 4.74 Å². The monoisotopic (exact) mass is 532 g/mol. The molecule has 2 aromatic carbocycles. The molecule has 0 atom stereocenters. The summed E-state index contributed by atoms with van der Waals surface area (Å²) in [6.07, 6.45) is 0. The summed E-state index contributed by atoms with van der Waals surface area (Å²) in [6.45, 7) is 5.69. The topological polar surface area (TPSA) is 91.8 Å². The Bertz CT molecular complexity index is 887. The van der Waals surface area contributed by atoms with E-state index in [1.807, 2.05) is 38.1 Å². The van der Waals surface area contributed by atoms with Gasteiger partial charge in [0.25, 0.3) is 0 Å². The lowest BCUT2D eigenvalue weighted by Crippen LogP contribution is -2.41. The molecule has 0 aromatic heterocycles. The molecule has 0 unspecified atom stereocenters. The van der Waals surface area contributed by atoms with E-state index in [1.54, 1.807) is 31.4 Å². The van der Waals surface area contributed by atoms with Gasteiger partial charge in [-0.2, -0.15) is 0 Å². The Morgan fingerprint density at radius 2 is 1.72 bits per heavy atom. The SMILES string of the molecule is CCNC(=NCc1ccccc1OC)NCCNS(=O)(=O)c1ccc(C)cc1.I. The summed E-state index contributed by atoms with van der Waals surface area (Å²) in [6, 6.07) is 14.5. The van der Waals surface area contributed by atoms with Crippen LogP contribution in [0.25, 0.3) is 0 Å². The van der Waals surface area contributed by atoms with Gasteiger partial charge in [0.1, 0.15) is 5.75 Å². The number of hydrogen-bond acceptors (Lipinski definition) is 4. The molecule has 9 heteroatoms. The molecule has 0 saturated carbocycles. The second-order valence-corrected chi connectivity index (χ2v) is 7.91. The molecular weight excluding hydrogens is 503 g/mol. The first-order valence-corrected chi connectivity index (χ1v) is 10.6. The molecular formula is C20H29IN4O3S. The summed E-state index contributed by atoms with van der Waals surface area (Å²) >= 11 is 0. The third-order valence-corrected chi connectivity index (χ3v) is 5.46. The quantitative estimate of drug-likeness (QED) is 0.200. The number of guanidine groups is 1. The van der Waals surface area contributed by atoms with Gasteiger partial charge in [-0.25, -0.2) is 18.1 Å². The zero-order valence-electron chi connectivity index (χ0n) is 16.9. The number of aryl methyl sites for hydroxylation is 1. The van der Waals surface area contributed by atoms with Crippen molar-refractivity contribution in [3.8, 4) is 5.75 Å². The van der Waals surface area contributed by atoms with E-state index >= 15 is 0 Å². The highest BCUT2D eigenvalue weighted by Gasteiger charge is 2.12. The van der Waals surface area contributed by atoms with Gasteiger partial charge in [0, 0.05) is 25.2 Å². The number of benzene rings is 2. The van der Waals surface area contributed by atoms with Crippen LogP contribution in [0.2, 0.25) is 0 Å². The fraction of sp³-hybridized carbons (Fsp3) is 0.350. The molecule has 0 bridgehead atoms. The van der Waals surface area contributed by atoms with E-state index < -0.39 is 10.0 Å². The Morgan fingerprint density at radius 3 is 2.38 bits per heavy atom. The number of aliphatic imine (C=N–C) groups is 1. The van der Waals surface area contributed by atoms with Gasteiger partial charge < -0.3 is 15.4 Å². The molecule has 29 heavy (non-hydrogen) atoms. The zero-order chi connectivity index (χ0) is 20.4. The number of nitrogens with one attached hydrogen (secondary N) is 3. The summed E-state index contributed by atoms with van der Waals surface area (Å²) in [5.41, 5.74) is 1.99. The van der Waals surface area contributed by atoms with E-state index in [9.17, 15) is 8.42 Å². The van der Waals surface area contributed by atoms with Crippen molar-refractivity contribution in [2.45, 2.75) is 25.3 Å². The fourth-order valence-electron chi connectivity index (χ4n) is 2.51. The molecule has 0 aliphatic carbocycles. The van der Waals surface area contributed by atoms with Gasteiger partial charge in [-0.3, -0.25) is 0 Å². The third kappa shape index (κ3) is 8.19. The summed E-state index contributed by atoms with van der Waals surface area (Å²) < 4.78 is 32.5. The minimum absolute atomic E-state index is 0. The largest absolute Gasteiger partial charge is 0.496 e. The van der Waals surface area contributed by atoms with Gasteiger partial charge in [-0.15, -0.1) is 24.0 Å². The van der Waals surface area contributed by atoms with Crippen LogP contribution in [0.15, 0.2) is 58.4 Å². The number of para-hydroxylation sites is 1. The first-order chi connectivity index (χ1) is 13.5. The van der Waals surface area contributed by atoms with Crippen LogP contribution in [0.1, 0.15) is 18.1 Å². The molecule has 0 heterocycles. The Labute approximate surface area is 190 Å². The maximum absolute atomic E-state index is 12.3. The molecule has 0 aliphatic heterocycles. The number of hydrogen-bond donors (Lipinski definition) is 3. The van der Waals surface area contributed by atoms with Crippen molar-refractivity contribution in [2.24, 2.45) is 4.99 Å². The lowest BCUT2D eigenvalue weighted by Gasteiger charge is -2.13. The third-order valence-electron chi connectivity index (χ3n) is 3.99. The average molecular weight is 532 g/mol. The van der Waals surface area contributed by atoms with Crippen LogP contribution < -0.4 is 20.1 Å². The van der Waals surface area contributed by atoms with E-state index in [1.165, 1.54) is 0 Å². The highest BCUT2D eigenvalue weighted by molar-refractivity contribution is 14.0. The summed E-state index contributed by atoms with van der Waals surface area (Å²) in [7, 11) is -1.89. The first kappa shape index (κ1) is 25.2. The zero-order valence-corrected chi connectivity index (χ0v) is 20.1. The van der Waals surface area contributed by atoms with Gasteiger partial charge in [0.15, 0.2) is 5.96 Å². The molecule has 160 valence electrons. The highest BCUT2D eigenvalue weighted by atomic mass is 127. The molecule has 7 nitrogen and oxygen atoms in total. The van der Waals surface area contributed by atoms with E-state index in [0.29, 0.717) is 25.6 Å². The highest BCUT2D eigenvalue weighted by Crippen LogP contribution is 2.17. The molecule has 3 N–H and O–H groups in total. The molecule has 0 saturated heterocycles. The fourth-order valence-corrected chi connectivity index (χ4v) is 3.54. The van der Waals surface area contributed by atoms with Crippen LogP contribution in [0, 0.1) is 6.92 Å². The van der Waals surface area contributed by atoms with Crippen LogP contribution in [0.5, 0.6) is 5.75 Å². The summed E-state index contributed by atoms with van der Waals surface area (Å²) in [5.74, 6) is 1.40.